The fourth-order valence-electron chi connectivity index (χ4n) is 1.42. The molecular weight excluding hydrogens is 275 g/mol. The second-order valence-corrected chi connectivity index (χ2v) is 4.02. The summed E-state index contributed by atoms with van der Waals surface area (Å²) in [5, 5.41) is 11.0. The molecular formula is C12H8ClFN2O3. The number of pyridine rings is 1. The Kier molecular flexibility index (Phi) is 3.91. The Morgan fingerprint density at radius 1 is 1.42 bits per heavy atom. The minimum Gasteiger partial charge on any atom is -0.484 e. The van der Waals surface area contributed by atoms with Crippen LogP contribution in [0.4, 0.5) is 10.1 Å². The van der Waals surface area contributed by atoms with Gasteiger partial charge in [-0.15, -0.1) is 0 Å². The molecule has 0 unspecified atom stereocenters. The van der Waals surface area contributed by atoms with Crippen LogP contribution in [0.5, 0.6) is 5.75 Å². The first-order valence-corrected chi connectivity index (χ1v) is 5.62. The second kappa shape index (κ2) is 5.62. The molecule has 1 aromatic carbocycles. The van der Waals surface area contributed by atoms with E-state index < -0.39 is 10.9 Å². The normalized spacial score (nSPS) is 10.2. The van der Waals surface area contributed by atoms with E-state index in [1.807, 2.05) is 0 Å². The Morgan fingerprint density at radius 3 is 2.89 bits per heavy atom. The Balaban J connectivity index is 2.17. The smallest absolute Gasteiger partial charge is 0.269 e. The monoisotopic (exact) mass is 282 g/mol. The highest BCUT2D eigenvalue weighted by molar-refractivity contribution is 6.31. The molecule has 19 heavy (non-hydrogen) atoms. The fraction of sp³-hybridized carbons (Fsp3) is 0.0833. The fourth-order valence-corrected chi connectivity index (χ4v) is 1.59. The van der Waals surface area contributed by atoms with Crippen molar-refractivity contribution in [1.82, 2.24) is 4.98 Å². The van der Waals surface area contributed by atoms with Gasteiger partial charge in [0.15, 0.2) is 5.75 Å². The summed E-state index contributed by atoms with van der Waals surface area (Å²) in [5.41, 5.74) is 0.300. The van der Waals surface area contributed by atoms with Crippen LogP contribution >= 0.6 is 11.6 Å². The summed E-state index contributed by atoms with van der Waals surface area (Å²) in [6.07, 6.45) is 1.29. The van der Waals surface area contributed by atoms with Crippen LogP contribution in [0.25, 0.3) is 0 Å². The molecule has 0 fully saturated rings. The van der Waals surface area contributed by atoms with Gasteiger partial charge in [-0.2, -0.15) is 4.39 Å². The molecule has 7 heteroatoms. The molecule has 0 bridgehead atoms. The third kappa shape index (κ3) is 3.17. The standard InChI is InChI=1S/C12H8ClFN2O3/c13-10-4-3-9(16(17)18)6-8(10)7-19-11-2-1-5-15-12(11)14/h1-6H,7H2. The quantitative estimate of drug-likeness (QED) is 0.490. The van der Waals surface area contributed by atoms with Crippen LogP contribution in [0.1, 0.15) is 5.56 Å². The van der Waals surface area contributed by atoms with E-state index in [-0.39, 0.29) is 18.0 Å². The number of nitro benzene ring substituents is 1. The zero-order valence-electron chi connectivity index (χ0n) is 9.55. The summed E-state index contributed by atoms with van der Waals surface area (Å²) in [5.74, 6) is -0.783. The molecule has 0 amide bonds. The lowest BCUT2D eigenvalue weighted by atomic mass is 10.2. The number of aromatic nitrogens is 1. The number of nitrogens with zero attached hydrogens (tertiary/aromatic N) is 2. The van der Waals surface area contributed by atoms with Gasteiger partial charge in [-0.25, -0.2) is 4.98 Å². The van der Waals surface area contributed by atoms with Crippen LogP contribution in [0.15, 0.2) is 36.5 Å². The highest BCUT2D eigenvalue weighted by Crippen LogP contribution is 2.24. The molecule has 0 saturated carbocycles. The minimum absolute atomic E-state index is 0.0370. The molecule has 0 aliphatic rings. The summed E-state index contributed by atoms with van der Waals surface area (Å²) >= 11 is 5.89. The van der Waals surface area contributed by atoms with Gasteiger partial charge in [0.25, 0.3) is 11.6 Å². The van der Waals surface area contributed by atoms with Crippen molar-refractivity contribution < 1.29 is 14.1 Å². The first-order valence-electron chi connectivity index (χ1n) is 5.24. The number of halogens is 2. The van der Waals surface area contributed by atoms with Gasteiger partial charge in [0.1, 0.15) is 6.61 Å². The number of ether oxygens (including phenoxy) is 1. The first kappa shape index (κ1) is 13.2. The zero-order valence-corrected chi connectivity index (χ0v) is 10.3. The van der Waals surface area contributed by atoms with Crippen molar-refractivity contribution in [3.8, 4) is 5.75 Å². The molecule has 0 radical (unpaired) electrons. The number of hydrogen-bond donors (Lipinski definition) is 0. The molecule has 2 aromatic rings. The van der Waals surface area contributed by atoms with Crippen LogP contribution in [0.3, 0.4) is 0 Å². The van der Waals surface area contributed by atoms with Gasteiger partial charge in [0.2, 0.25) is 0 Å². The maximum atomic E-state index is 13.2. The van der Waals surface area contributed by atoms with E-state index in [4.69, 9.17) is 16.3 Å². The second-order valence-electron chi connectivity index (χ2n) is 3.61. The summed E-state index contributed by atoms with van der Waals surface area (Å²) in [6.45, 7) is -0.0802. The lowest BCUT2D eigenvalue weighted by Crippen LogP contribution is -2.00. The maximum Gasteiger partial charge on any atom is 0.269 e. The number of nitro groups is 1. The van der Waals surface area contributed by atoms with Crippen LogP contribution < -0.4 is 4.74 Å². The molecule has 98 valence electrons. The van der Waals surface area contributed by atoms with Crippen molar-refractivity contribution in [2.75, 3.05) is 0 Å². The maximum absolute atomic E-state index is 13.2. The van der Waals surface area contributed by atoms with E-state index in [2.05, 4.69) is 4.98 Å². The molecule has 5 nitrogen and oxygen atoms in total. The third-order valence-corrected chi connectivity index (χ3v) is 2.72. The summed E-state index contributed by atoms with van der Waals surface area (Å²) in [7, 11) is 0. The van der Waals surface area contributed by atoms with Gasteiger partial charge in [0, 0.05) is 28.9 Å². The predicted octanol–water partition coefficient (Wildman–Crippen LogP) is 3.36. The highest BCUT2D eigenvalue weighted by atomic mass is 35.5. The topological polar surface area (TPSA) is 65.3 Å². The third-order valence-electron chi connectivity index (χ3n) is 2.35. The van der Waals surface area contributed by atoms with Crippen LogP contribution in [-0.2, 0) is 6.61 Å². The number of non-ortho nitro benzene ring substituents is 1. The Bertz CT molecular complexity index is 622. The van der Waals surface area contributed by atoms with Crippen LogP contribution in [-0.4, -0.2) is 9.91 Å². The van der Waals surface area contributed by atoms with Gasteiger partial charge < -0.3 is 4.74 Å². The lowest BCUT2D eigenvalue weighted by molar-refractivity contribution is -0.384. The Labute approximate surface area is 112 Å². The van der Waals surface area contributed by atoms with Crippen molar-refractivity contribution in [3.05, 3.63) is 63.2 Å². The molecule has 0 saturated heterocycles. The minimum atomic E-state index is -0.746. The first-order chi connectivity index (χ1) is 9.08. The highest BCUT2D eigenvalue weighted by Gasteiger charge is 2.11. The van der Waals surface area contributed by atoms with Gasteiger partial charge in [0.05, 0.1) is 4.92 Å². The molecule has 2 rings (SSSR count). The van der Waals surface area contributed by atoms with Crippen molar-refractivity contribution in [2.24, 2.45) is 0 Å². The van der Waals surface area contributed by atoms with Crippen LogP contribution in [0.2, 0.25) is 5.02 Å². The average Bonchev–Trinajstić information content (AvgIpc) is 2.39. The number of rotatable bonds is 4. The SMILES string of the molecule is O=[N+]([O-])c1ccc(Cl)c(COc2cccnc2F)c1. The van der Waals surface area contributed by atoms with Gasteiger partial charge in [-0.1, -0.05) is 11.6 Å². The average molecular weight is 283 g/mol. The van der Waals surface area contributed by atoms with E-state index in [0.29, 0.717) is 10.6 Å². The summed E-state index contributed by atoms with van der Waals surface area (Å²) in [4.78, 5) is 13.5. The van der Waals surface area contributed by atoms with E-state index in [0.717, 1.165) is 0 Å². The zero-order chi connectivity index (χ0) is 13.8. The summed E-state index contributed by atoms with van der Waals surface area (Å²) in [6, 6.07) is 6.91. The molecule has 0 spiro atoms. The van der Waals surface area contributed by atoms with Gasteiger partial charge in [-0.05, 0) is 18.2 Å². The molecule has 0 aliphatic heterocycles. The summed E-state index contributed by atoms with van der Waals surface area (Å²) < 4.78 is 18.4. The lowest BCUT2D eigenvalue weighted by Gasteiger charge is -2.07. The van der Waals surface area contributed by atoms with E-state index >= 15 is 0 Å². The van der Waals surface area contributed by atoms with Crippen molar-refractivity contribution in [3.63, 3.8) is 0 Å². The van der Waals surface area contributed by atoms with Crippen molar-refractivity contribution in [1.29, 1.82) is 0 Å². The predicted molar refractivity (Wildman–Crippen MR) is 66.6 cm³/mol. The van der Waals surface area contributed by atoms with Gasteiger partial charge >= 0.3 is 0 Å². The van der Waals surface area contributed by atoms with Gasteiger partial charge in [-0.3, -0.25) is 10.1 Å². The van der Waals surface area contributed by atoms with E-state index in [1.54, 1.807) is 0 Å². The Morgan fingerprint density at radius 2 is 2.21 bits per heavy atom. The van der Waals surface area contributed by atoms with Crippen LogP contribution in [0, 0.1) is 16.1 Å². The Hall–Kier alpha value is -2.21. The molecule has 1 heterocycles. The molecule has 0 aliphatic carbocycles. The van der Waals surface area contributed by atoms with Crippen molar-refractivity contribution in [2.45, 2.75) is 6.61 Å². The largest absolute Gasteiger partial charge is 0.484 e. The molecule has 0 atom stereocenters. The number of hydrogen-bond acceptors (Lipinski definition) is 4. The molecule has 1 aromatic heterocycles. The van der Waals surface area contributed by atoms with E-state index in [9.17, 15) is 14.5 Å². The van der Waals surface area contributed by atoms with E-state index in [1.165, 1.54) is 36.5 Å². The van der Waals surface area contributed by atoms with Crippen molar-refractivity contribution >= 4 is 17.3 Å². The number of benzene rings is 1. The molecule has 0 N–H and O–H groups in total.